The van der Waals surface area contributed by atoms with Gasteiger partial charge in [-0.1, -0.05) is 24.3 Å². The van der Waals surface area contributed by atoms with Crippen LogP contribution >= 0.6 is 0 Å². The minimum absolute atomic E-state index is 0.285. The summed E-state index contributed by atoms with van der Waals surface area (Å²) in [6.45, 7) is 0.476. The molecule has 0 aliphatic heterocycles. The third kappa shape index (κ3) is 4.22. The summed E-state index contributed by atoms with van der Waals surface area (Å²) >= 11 is 0. The highest BCUT2D eigenvalue weighted by atomic mass is 19.1. The van der Waals surface area contributed by atoms with Gasteiger partial charge in [0, 0.05) is 18.9 Å². The fourth-order valence-corrected chi connectivity index (χ4v) is 2.35. The quantitative estimate of drug-likeness (QED) is 0.733. The number of halogens is 1. The van der Waals surface area contributed by atoms with Crippen molar-refractivity contribution < 1.29 is 9.18 Å². The van der Waals surface area contributed by atoms with Crippen molar-refractivity contribution in [2.75, 3.05) is 10.6 Å². The van der Waals surface area contributed by atoms with Crippen molar-refractivity contribution in [3.63, 3.8) is 0 Å². The summed E-state index contributed by atoms with van der Waals surface area (Å²) < 4.78 is 12.9. The van der Waals surface area contributed by atoms with E-state index in [-0.39, 0.29) is 11.7 Å². The molecular formula is C20H15FN4O. The van der Waals surface area contributed by atoms with Crippen LogP contribution in [0.5, 0.6) is 0 Å². The monoisotopic (exact) mass is 346 g/mol. The fraction of sp³-hybridized carbons (Fsp3) is 0.0500. The molecule has 0 saturated carbocycles. The van der Waals surface area contributed by atoms with E-state index in [1.54, 1.807) is 48.7 Å². The first kappa shape index (κ1) is 17.1. The summed E-state index contributed by atoms with van der Waals surface area (Å²) in [5.74, 6) is -0.641. The van der Waals surface area contributed by atoms with Gasteiger partial charge in [-0.25, -0.2) is 4.39 Å². The molecule has 2 aromatic carbocycles. The maximum atomic E-state index is 12.9. The van der Waals surface area contributed by atoms with Crippen molar-refractivity contribution in [2.24, 2.45) is 0 Å². The molecule has 0 atom stereocenters. The SMILES string of the molecule is N#Cc1ccccc1NC(=O)c1cncc(NCc2ccc(F)cc2)c1. The van der Waals surface area contributed by atoms with Crippen LogP contribution in [0.2, 0.25) is 0 Å². The highest BCUT2D eigenvalue weighted by Gasteiger charge is 2.10. The molecule has 0 radical (unpaired) electrons. The van der Waals surface area contributed by atoms with E-state index in [2.05, 4.69) is 15.6 Å². The minimum atomic E-state index is -0.356. The molecule has 0 saturated heterocycles. The first-order valence-corrected chi connectivity index (χ1v) is 7.89. The summed E-state index contributed by atoms with van der Waals surface area (Å²) in [7, 11) is 0. The molecule has 0 unspecified atom stereocenters. The van der Waals surface area contributed by atoms with Gasteiger partial charge in [0.05, 0.1) is 22.5 Å². The third-order valence-electron chi connectivity index (χ3n) is 3.71. The molecule has 0 spiro atoms. The van der Waals surface area contributed by atoms with Gasteiger partial charge in [0.15, 0.2) is 0 Å². The molecule has 26 heavy (non-hydrogen) atoms. The number of aromatic nitrogens is 1. The predicted molar refractivity (Wildman–Crippen MR) is 97.1 cm³/mol. The Balaban J connectivity index is 1.69. The fourth-order valence-electron chi connectivity index (χ4n) is 2.35. The summed E-state index contributed by atoms with van der Waals surface area (Å²) in [5, 5.41) is 15.0. The van der Waals surface area contributed by atoms with E-state index in [4.69, 9.17) is 5.26 Å². The molecule has 6 heteroatoms. The highest BCUT2D eigenvalue weighted by molar-refractivity contribution is 6.05. The number of nitrogens with zero attached hydrogens (tertiary/aromatic N) is 2. The molecule has 0 aliphatic carbocycles. The van der Waals surface area contributed by atoms with Crippen LogP contribution in [0, 0.1) is 17.1 Å². The van der Waals surface area contributed by atoms with Gasteiger partial charge in [0.25, 0.3) is 5.91 Å². The van der Waals surface area contributed by atoms with Gasteiger partial charge >= 0.3 is 0 Å². The summed E-state index contributed by atoms with van der Waals surface area (Å²) in [6.07, 6.45) is 3.05. The lowest BCUT2D eigenvalue weighted by Gasteiger charge is -2.09. The smallest absolute Gasteiger partial charge is 0.257 e. The number of pyridine rings is 1. The molecule has 0 aliphatic rings. The van der Waals surface area contributed by atoms with E-state index < -0.39 is 0 Å². The van der Waals surface area contributed by atoms with Crippen molar-refractivity contribution in [3.8, 4) is 6.07 Å². The molecule has 1 amide bonds. The number of para-hydroxylation sites is 1. The van der Waals surface area contributed by atoms with Crippen LogP contribution in [0.1, 0.15) is 21.5 Å². The molecule has 128 valence electrons. The zero-order chi connectivity index (χ0) is 18.4. The number of carbonyl (C=O) groups is 1. The van der Waals surface area contributed by atoms with Gasteiger partial charge < -0.3 is 10.6 Å². The van der Waals surface area contributed by atoms with E-state index in [0.29, 0.717) is 29.0 Å². The lowest BCUT2D eigenvalue weighted by Crippen LogP contribution is -2.13. The predicted octanol–water partition coefficient (Wildman–Crippen LogP) is 3.96. The molecule has 2 N–H and O–H groups in total. The van der Waals surface area contributed by atoms with Crippen molar-refractivity contribution in [3.05, 3.63) is 89.5 Å². The van der Waals surface area contributed by atoms with Gasteiger partial charge in [0.1, 0.15) is 11.9 Å². The number of nitrogens with one attached hydrogen (secondary N) is 2. The average Bonchev–Trinajstić information content (AvgIpc) is 2.68. The van der Waals surface area contributed by atoms with Crippen LogP contribution in [0.15, 0.2) is 67.0 Å². The van der Waals surface area contributed by atoms with Crippen LogP contribution in [0.25, 0.3) is 0 Å². The van der Waals surface area contributed by atoms with Gasteiger partial charge in [-0.15, -0.1) is 0 Å². The number of amides is 1. The standard InChI is InChI=1S/C20H15FN4O/c21-17-7-5-14(6-8-17)11-24-18-9-16(12-23-13-18)20(26)25-19-4-2-1-3-15(19)10-22/h1-9,12-13,24H,11H2,(H,25,26). The second kappa shape index (κ2) is 7.90. The summed E-state index contributed by atoms with van der Waals surface area (Å²) in [5.41, 5.74) is 2.77. The van der Waals surface area contributed by atoms with Crippen LogP contribution in [-0.4, -0.2) is 10.9 Å². The average molecular weight is 346 g/mol. The van der Waals surface area contributed by atoms with E-state index >= 15 is 0 Å². The van der Waals surface area contributed by atoms with Crippen LogP contribution in [0.3, 0.4) is 0 Å². The minimum Gasteiger partial charge on any atom is -0.380 e. The Labute approximate surface area is 150 Å². The molecule has 0 fully saturated rings. The lowest BCUT2D eigenvalue weighted by atomic mass is 10.1. The second-order valence-electron chi connectivity index (χ2n) is 5.55. The van der Waals surface area contributed by atoms with Crippen LogP contribution in [-0.2, 0) is 6.54 Å². The van der Waals surface area contributed by atoms with E-state index in [0.717, 1.165) is 5.56 Å². The topological polar surface area (TPSA) is 77.8 Å². The Morgan fingerprint density at radius 3 is 2.65 bits per heavy atom. The lowest BCUT2D eigenvalue weighted by molar-refractivity contribution is 0.102. The number of nitriles is 1. The molecular weight excluding hydrogens is 331 g/mol. The van der Waals surface area contributed by atoms with Crippen molar-refractivity contribution >= 4 is 17.3 Å². The molecule has 3 aromatic rings. The first-order chi connectivity index (χ1) is 12.7. The highest BCUT2D eigenvalue weighted by Crippen LogP contribution is 2.16. The number of hydrogen-bond acceptors (Lipinski definition) is 4. The normalized spacial score (nSPS) is 10.0. The number of carbonyl (C=O) groups excluding carboxylic acids is 1. The number of hydrogen-bond donors (Lipinski definition) is 2. The van der Waals surface area contributed by atoms with Crippen molar-refractivity contribution in [1.29, 1.82) is 5.26 Å². The molecule has 1 heterocycles. The van der Waals surface area contributed by atoms with Crippen LogP contribution in [0.4, 0.5) is 15.8 Å². The Morgan fingerprint density at radius 1 is 1.12 bits per heavy atom. The van der Waals surface area contributed by atoms with Crippen molar-refractivity contribution in [2.45, 2.75) is 6.54 Å². The van der Waals surface area contributed by atoms with Gasteiger partial charge in [0.2, 0.25) is 0 Å². The molecule has 3 rings (SSSR count). The number of benzene rings is 2. The van der Waals surface area contributed by atoms with Crippen molar-refractivity contribution in [1.82, 2.24) is 4.98 Å². The zero-order valence-electron chi connectivity index (χ0n) is 13.7. The molecule has 0 bridgehead atoms. The Kier molecular flexibility index (Phi) is 5.20. The van der Waals surface area contributed by atoms with Gasteiger partial charge in [-0.3, -0.25) is 9.78 Å². The Hall–Kier alpha value is -3.72. The summed E-state index contributed by atoms with van der Waals surface area (Å²) in [4.78, 5) is 16.5. The number of anilines is 2. The Morgan fingerprint density at radius 2 is 1.88 bits per heavy atom. The van der Waals surface area contributed by atoms with Gasteiger partial charge in [-0.05, 0) is 35.9 Å². The maximum absolute atomic E-state index is 12.9. The van der Waals surface area contributed by atoms with E-state index in [1.165, 1.54) is 18.3 Å². The third-order valence-corrected chi connectivity index (χ3v) is 3.71. The molecule has 1 aromatic heterocycles. The molecule has 5 nitrogen and oxygen atoms in total. The number of rotatable bonds is 5. The second-order valence-corrected chi connectivity index (χ2v) is 5.55. The van der Waals surface area contributed by atoms with E-state index in [9.17, 15) is 9.18 Å². The maximum Gasteiger partial charge on any atom is 0.257 e. The first-order valence-electron chi connectivity index (χ1n) is 7.89. The summed E-state index contributed by atoms with van der Waals surface area (Å²) in [6, 6.07) is 16.6. The van der Waals surface area contributed by atoms with Crippen LogP contribution < -0.4 is 10.6 Å². The zero-order valence-corrected chi connectivity index (χ0v) is 13.7. The van der Waals surface area contributed by atoms with Gasteiger partial charge in [-0.2, -0.15) is 5.26 Å². The largest absolute Gasteiger partial charge is 0.380 e. The Bertz CT molecular complexity index is 964. The van der Waals surface area contributed by atoms with E-state index in [1.807, 2.05) is 6.07 Å².